The second kappa shape index (κ2) is 7.09. The lowest BCUT2D eigenvalue weighted by atomic mass is 10.1. The van der Waals surface area contributed by atoms with Crippen molar-refractivity contribution in [1.29, 1.82) is 0 Å². The number of aromatic nitrogens is 1. The molecule has 0 spiro atoms. The Morgan fingerprint density at radius 2 is 1.89 bits per heavy atom. The molecule has 0 aliphatic heterocycles. The fourth-order valence-corrected chi connectivity index (χ4v) is 4.88. The van der Waals surface area contributed by atoms with Crippen molar-refractivity contribution in [3.8, 4) is 0 Å². The number of thiazole rings is 1. The van der Waals surface area contributed by atoms with Crippen LogP contribution in [0.25, 0.3) is 20.3 Å². The molecule has 7 heteroatoms. The third-order valence-corrected chi connectivity index (χ3v) is 6.05. The lowest BCUT2D eigenvalue weighted by Crippen LogP contribution is -2.20. The van der Waals surface area contributed by atoms with Gasteiger partial charge in [0, 0.05) is 4.70 Å². The van der Waals surface area contributed by atoms with Crippen molar-refractivity contribution in [3.63, 3.8) is 0 Å². The molecule has 1 amide bonds. The van der Waals surface area contributed by atoms with Crippen molar-refractivity contribution in [1.82, 2.24) is 4.98 Å². The number of ether oxygens (including phenoxy) is 1. The zero-order chi connectivity index (χ0) is 19.0. The molecule has 0 saturated heterocycles. The minimum atomic E-state index is -0.498. The van der Waals surface area contributed by atoms with E-state index in [1.807, 2.05) is 44.2 Å². The maximum Gasteiger partial charge on any atom is 0.348 e. The van der Waals surface area contributed by atoms with Gasteiger partial charge in [0.25, 0.3) is 5.91 Å². The van der Waals surface area contributed by atoms with Crippen LogP contribution in [-0.2, 0) is 9.53 Å². The van der Waals surface area contributed by atoms with Crippen LogP contribution in [0, 0.1) is 13.8 Å². The summed E-state index contributed by atoms with van der Waals surface area (Å²) in [5.74, 6) is -0.903. The van der Waals surface area contributed by atoms with E-state index >= 15 is 0 Å². The summed E-state index contributed by atoms with van der Waals surface area (Å²) in [5, 5.41) is 4.19. The molecule has 1 N–H and O–H groups in total. The highest BCUT2D eigenvalue weighted by atomic mass is 32.1. The summed E-state index contributed by atoms with van der Waals surface area (Å²) in [6.07, 6.45) is 0. The van der Waals surface area contributed by atoms with Crippen molar-refractivity contribution in [2.24, 2.45) is 0 Å². The number of rotatable bonds is 4. The van der Waals surface area contributed by atoms with Gasteiger partial charge in [-0.1, -0.05) is 35.6 Å². The fourth-order valence-electron chi connectivity index (χ4n) is 2.86. The molecule has 4 rings (SSSR count). The van der Waals surface area contributed by atoms with Crippen LogP contribution in [0.5, 0.6) is 0 Å². The predicted octanol–water partition coefficient (Wildman–Crippen LogP) is 4.92. The predicted molar refractivity (Wildman–Crippen MR) is 110 cm³/mol. The number of amides is 1. The molecule has 2 aromatic carbocycles. The Kier molecular flexibility index (Phi) is 4.63. The van der Waals surface area contributed by atoms with E-state index in [4.69, 9.17) is 4.74 Å². The summed E-state index contributed by atoms with van der Waals surface area (Å²) in [7, 11) is 0. The molecular formula is C20H16N2O3S2. The molecule has 0 aliphatic carbocycles. The molecular weight excluding hydrogens is 380 g/mol. The largest absolute Gasteiger partial charge is 0.451 e. The van der Waals surface area contributed by atoms with Crippen molar-refractivity contribution < 1.29 is 14.3 Å². The Bertz CT molecular complexity index is 1140. The molecule has 0 radical (unpaired) electrons. The number of aryl methyl sites for hydroxylation is 2. The number of carbonyl (C=O) groups excluding carboxylic acids is 2. The summed E-state index contributed by atoms with van der Waals surface area (Å²) >= 11 is 2.76. The number of anilines is 1. The highest BCUT2D eigenvalue weighted by Crippen LogP contribution is 2.29. The van der Waals surface area contributed by atoms with Crippen LogP contribution in [0.4, 0.5) is 5.13 Å². The molecule has 136 valence electrons. The van der Waals surface area contributed by atoms with Gasteiger partial charge in [-0.25, -0.2) is 9.78 Å². The quantitative estimate of drug-likeness (QED) is 0.497. The summed E-state index contributed by atoms with van der Waals surface area (Å²) < 4.78 is 7.17. The standard InChI is InChI=1S/C20H16N2O3S2/c1-11-7-12(2)18-15(8-11)27-20(22-18)21-17(23)10-25-19(24)16-9-13-5-3-4-6-14(13)26-16/h3-9H,10H2,1-2H3,(H,21,22,23). The number of nitrogens with one attached hydrogen (secondary N) is 1. The van der Waals surface area contributed by atoms with E-state index in [1.165, 1.54) is 22.7 Å². The van der Waals surface area contributed by atoms with Crippen molar-refractivity contribution in [3.05, 3.63) is 58.5 Å². The first-order chi connectivity index (χ1) is 13.0. The Morgan fingerprint density at radius 1 is 1.07 bits per heavy atom. The monoisotopic (exact) mass is 396 g/mol. The summed E-state index contributed by atoms with van der Waals surface area (Å²) in [6, 6.07) is 13.6. The van der Waals surface area contributed by atoms with Gasteiger partial charge in [0.15, 0.2) is 11.7 Å². The van der Waals surface area contributed by atoms with Gasteiger partial charge < -0.3 is 4.74 Å². The molecule has 4 aromatic rings. The minimum absolute atomic E-state index is 0.346. The highest BCUT2D eigenvalue weighted by molar-refractivity contribution is 7.22. The number of hydrogen-bond acceptors (Lipinski definition) is 6. The molecule has 5 nitrogen and oxygen atoms in total. The van der Waals surface area contributed by atoms with Crippen LogP contribution >= 0.6 is 22.7 Å². The zero-order valence-electron chi connectivity index (χ0n) is 14.7. The molecule has 2 heterocycles. The fraction of sp³-hybridized carbons (Fsp3) is 0.150. The van der Waals surface area contributed by atoms with Crippen LogP contribution in [0.3, 0.4) is 0 Å². The number of hydrogen-bond donors (Lipinski definition) is 1. The smallest absolute Gasteiger partial charge is 0.348 e. The SMILES string of the molecule is Cc1cc(C)c2nc(NC(=O)COC(=O)c3cc4ccccc4s3)sc2c1. The Hall–Kier alpha value is -2.77. The van der Waals surface area contributed by atoms with E-state index in [0.717, 1.165) is 31.4 Å². The number of thiophene rings is 1. The minimum Gasteiger partial charge on any atom is -0.451 e. The van der Waals surface area contributed by atoms with E-state index in [0.29, 0.717) is 10.0 Å². The topological polar surface area (TPSA) is 68.3 Å². The van der Waals surface area contributed by atoms with Gasteiger partial charge in [0.2, 0.25) is 0 Å². The Balaban J connectivity index is 1.40. The summed E-state index contributed by atoms with van der Waals surface area (Å²) in [4.78, 5) is 29.3. The Morgan fingerprint density at radius 3 is 2.70 bits per heavy atom. The van der Waals surface area contributed by atoms with E-state index in [2.05, 4.69) is 16.4 Å². The van der Waals surface area contributed by atoms with Crippen LogP contribution in [-0.4, -0.2) is 23.5 Å². The second-order valence-electron chi connectivity index (χ2n) is 6.22. The van der Waals surface area contributed by atoms with Gasteiger partial charge >= 0.3 is 5.97 Å². The molecule has 2 aromatic heterocycles. The molecule has 0 atom stereocenters. The van der Waals surface area contributed by atoms with Gasteiger partial charge in [0.05, 0.1) is 10.2 Å². The number of carbonyl (C=O) groups is 2. The number of nitrogens with zero attached hydrogens (tertiary/aromatic N) is 1. The first-order valence-electron chi connectivity index (χ1n) is 8.33. The molecule has 0 saturated carbocycles. The van der Waals surface area contributed by atoms with E-state index in [-0.39, 0.29) is 6.61 Å². The van der Waals surface area contributed by atoms with E-state index in [1.54, 1.807) is 6.07 Å². The average Bonchev–Trinajstić information content (AvgIpc) is 3.23. The number of fused-ring (bicyclic) bond motifs is 2. The van der Waals surface area contributed by atoms with Gasteiger partial charge in [-0.05, 0) is 48.6 Å². The molecule has 0 unspecified atom stereocenters. The van der Waals surface area contributed by atoms with Crippen LogP contribution in [0.2, 0.25) is 0 Å². The van der Waals surface area contributed by atoms with Gasteiger partial charge in [-0.2, -0.15) is 0 Å². The van der Waals surface area contributed by atoms with E-state index < -0.39 is 11.9 Å². The lowest BCUT2D eigenvalue weighted by Gasteiger charge is -2.02. The number of benzene rings is 2. The molecule has 0 fully saturated rings. The Labute approximate surface area is 163 Å². The van der Waals surface area contributed by atoms with Crippen molar-refractivity contribution in [2.45, 2.75) is 13.8 Å². The molecule has 0 bridgehead atoms. The van der Waals surface area contributed by atoms with Crippen LogP contribution < -0.4 is 5.32 Å². The molecule has 0 aliphatic rings. The molecule has 27 heavy (non-hydrogen) atoms. The average molecular weight is 396 g/mol. The van der Waals surface area contributed by atoms with Crippen LogP contribution in [0.1, 0.15) is 20.8 Å². The summed E-state index contributed by atoms with van der Waals surface area (Å²) in [5.41, 5.74) is 3.10. The maximum atomic E-state index is 12.2. The van der Waals surface area contributed by atoms with E-state index in [9.17, 15) is 9.59 Å². The van der Waals surface area contributed by atoms with Crippen molar-refractivity contribution >= 4 is 60.0 Å². The van der Waals surface area contributed by atoms with Gasteiger partial charge in [0.1, 0.15) is 4.88 Å². The zero-order valence-corrected chi connectivity index (χ0v) is 16.4. The highest BCUT2D eigenvalue weighted by Gasteiger charge is 2.15. The van der Waals surface area contributed by atoms with Crippen LogP contribution in [0.15, 0.2) is 42.5 Å². The second-order valence-corrected chi connectivity index (χ2v) is 8.33. The van der Waals surface area contributed by atoms with Gasteiger partial charge in [-0.3, -0.25) is 10.1 Å². The first-order valence-corrected chi connectivity index (χ1v) is 9.96. The van der Waals surface area contributed by atoms with Crippen molar-refractivity contribution in [2.75, 3.05) is 11.9 Å². The maximum absolute atomic E-state index is 12.2. The lowest BCUT2D eigenvalue weighted by molar-refractivity contribution is -0.119. The normalized spacial score (nSPS) is 11.0. The summed E-state index contributed by atoms with van der Waals surface area (Å²) in [6.45, 7) is 3.67. The van der Waals surface area contributed by atoms with Gasteiger partial charge in [-0.15, -0.1) is 11.3 Å². The third kappa shape index (κ3) is 3.70. The number of esters is 1. The first kappa shape index (κ1) is 17.6. The third-order valence-electron chi connectivity index (χ3n) is 4.04.